The van der Waals surface area contributed by atoms with Crippen LogP contribution in [0.25, 0.3) is 0 Å². The fourth-order valence-corrected chi connectivity index (χ4v) is 5.06. The van der Waals surface area contributed by atoms with E-state index >= 15 is 0 Å². The Morgan fingerprint density at radius 2 is 1.74 bits per heavy atom. The summed E-state index contributed by atoms with van der Waals surface area (Å²) in [5, 5.41) is 1.09. The number of aryl methyl sites for hydroxylation is 2. The second-order valence-electron chi connectivity index (χ2n) is 7.10. The van der Waals surface area contributed by atoms with Crippen LogP contribution in [-0.2, 0) is 11.7 Å². The third kappa shape index (κ3) is 5.82. The lowest BCUT2D eigenvalue weighted by Crippen LogP contribution is -2.24. The molecule has 0 spiro atoms. The number of hydrogen-bond donors (Lipinski definition) is 1. The Morgan fingerprint density at radius 3 is 2.52 bits per heavy atom. The van der Waals surface area contributed by atoms with Crippen LogP contribution in [-0.4, -0.2) is 20.6 Å². The number of benzene rings is 3. The summed E-state index contributed by atoms with van der Waals surface area (Å²) in [7, 11) is 0. The smallest absolute Gasteiger partial charge is 0.412 e. The Bertz CT molecular complexity index is 900. The molecule has 3 aromatic carbocycles. The Labute approximate surface area is 167 Å². The number of anilines is 1. The lowest BCUT2D eigenvalue weighted by Gasteiger charge is -2.13. The van der Waals surface area contributed by atoms with Gasteiger partial charge in [-0.1, -0.05) is 72.4 Å². The van der Waals surface area contributed by atoms with Crippen molar-refractivity contribution in [1.82, 2.24) is 0 Å². The van der Waals surface area contributed by atoms with Gasteiger partial charge in [-0.25, -0.2) is 0 Å². The van der Waals surface area contributed by atoms with E-state index in [1.807, 2.05) is 6.21 Å². The second kappa shape index (κ2) is 9.56. The van der Waals surface area contributed by atoms with Crippen molar-refractivity contribution in [2.24, 2.45) is 4.99 Å². The van der Waals surface area contributed by atoms with Crippen LogP contribution in [0.15, 0.2) is 77.8 Å². The summed E-state index contributed by atoms with van der Waals surface area (Å²) < 4.78 is 3.73. The molecule has 0 bridgehead atoms. The molecule has 0 aliphatic heterocycles. The van der Waals surface area contributed by atoms with E-state index < -0.39 is 14.4 Å². The largest absolute Gasteiger partial charge is 0.476 e. The van der Waals surface area contributed by atoms with Crippen molar-refractivity contribution in [2.75, 3.05) is 4.30 Å². The molecular weight excluding hydrogens is 343 g/mol. The van der Waals surface area contributed by atoms with E-state index in [0.717, 1.165) is 17.4 Å². The fourth-order valence-electron chi connectivity index (χ4n) is 3.16. The SMILES string of the molecule is CCc1cccc(N=Cc2ccccc2[CH2][Al]([CH3])[NH]c2ccc(C)cc2)c1. The maximum atomic E-state index is 4.72. The van der Waals surface area contributed by atoms with Crippen molar-refractivity contribution in [1.29, 1.82) is 0 Å². The summed E-state index contributed by atoms with van der Waals surface area (Å²) in [6.45, 7) is 4.29. The summed E-state index contributed by atoms with van der Waals surface area (Å²) in [6, 6.07) is 25.7. The van der Waals surface area contributed by atoms with Gasteiger partial charge in [-0.15, -0.1) is 0 Å². The molecule has 0 aliphatic carbocycles. The first-order valence-electron chi connectivity index (χ1n) is 9.68. The maximum Gasteiger partial charge on any atom is 0.412 e. The van der Waals surface area contributed by atoms with Crippen molar-refractivity contribution >= 4 is 32.0 Å². The zero-order valence-electron chi connectivity index (χ0n) is 16.4. The topological polar surface area (TPSA) is 24.4 Å². The van der Waals surface area contributed by atoms with Crippen LogP contribution in [0.1, 0.15) is 29.2 Å². The third-order valence-corrected chi connectivity index (χ3v) is 6.60. The van der Waals surface area contributed by atoms with E-state index in [-0.39, 0.29) is 0 Å². The van der Waals surface area contributed by atoms with Crippen molar-refractivity contribution in [3.05, 3.63) is 95.1 Å². The van der Waals surface area contributed by atoms with Crippen LogP contribution in [0.5, 0.6) is 0 Å². The molecule has 3 heteroatoms. The van der Waals surface area contributed by atoms with Gasteiger partial charge in [0.2, 0.25) is 0 Å². The normalized spacial score (nSPS) is 10.9. The molecule has 0 atom stereocenters. The van der Waals surface area contributed by atoms with Crippen molar-refractivity contribution in [2.45, 2.75) is 31.3 Å². The molecule has 3 aromatic rings. The molecule has 0 fully saturated rings. The Hall–Kier alpha value is -2.34. The fraction of sp³-hybridized carbons (Fsp3) is 0.208. The number of nitrogens with zero attached hydrogens (tertiary/aromatic N) is 1. The highest BCUT2D eigenvalue weighted by Gasteiger charge is 2.14. The lowest BCUT2D eigenvalue weighted by atomic mass is 10.1. The van der Waals surface area contributed by atoms with Gasteiger partial charge in [0.1, 0.15) is 0 Å². The molecule has 0 unspecified atom stereocenters. The Balaban J connectivity index is 1.71. The van der Waals surface area contributed by atoms with Gasteiger partial charge in [-0.3, -0.25) is 4.99 Å². The predicted molar refractivity (Wildman–Crippen MR) is 120 cm³/mol. The van der Waals surface area contributed by atoms with E-state index in [2.05, 4.69) is 96.7 Å². The first-order chi connectivity index (χ1) is 13.1. The quantitative estimate of drug-likeness (QED) is 0.393. The first kappa shape index (κ1) is 19.4. The first-order valence-corrected chi connectivity index (χ1v) is 12.2. The van der Waals surface area contributed by atoms with Gasteiger partial charge in [0, 0.05) is 11.9 Å². The van der Waals surface area contributed by atoms with Gasteiger partial charge in [0.25, 0.3) is 0 Å². The Kier molecular flexibility index (Phi) is 6.87. The van der Waals surface area contributed by atoms with E-state index in [0.29, 0.717) is 0 Å². The summed E-state index contributed by atoms with van der Waals surface area (Å²) in [6.07, 6.45) is 3.05. The van der Waals surface area contributed by atoms with E-state index in [1.54, 1.807) is 0 Å². The average Bonchev–Trinajstić information content (AvgIpc) is 2.69. The minimum absolute atomic E-state index is 1.02. The zero-order chi connectivity index (χ0) is 19.1. The molecule has 27 heavy (non-hydrogen) atoms. The van der Waals surface area contributed by atoms with Crippen LogP contribution < -0.4 is 4.30 Å². The van der Waals surface area contributed by atoms with Crippen LogP contribution in [0.3, 0.4) is 0 Å². The van der Waals surface area contributed by atoms with Crippen LogP contribution in [0.2, 0.25) is 5.79 Å². The van der Waals surface area contributed by atoms with Crippen molar-refractivity contribution in [3.63, 3.8) is 0 Å². The predicted octanol–water partition coefficient (Wildman–Crippen LogP) is 6.12. The van der Waals surface area contributed by atoms with Gasteiger partial charge < -0.3 is 4.30 Å². The molecule has 0 aliphatic rings. The van der Waals surface area contributed by atoms with E-state index in [1.165, 1.54) is 27.9 Å². The molecule has 2 nitrogen and oxygen atoms in total. The summed E-state index contributed by atoms with van der Waals surface area (Å²) in [4.78, 5) is 4.72. The molecule has 136 valence electrons. The molecular formula is C24H27AlN2. The zero-order valence-corrected chi connectivity index (χ0v) is 17.6. The molecule has 3 rings (SSSR count). The minimum Gasteiger partial charge on any atom is -0.476 e. The summed E-state index contributed by atoms with van der Waals surface area (Å²) in [5.41, 5.74) is 7.44. The van der Waals surface area contributed by atoms with E-state index in [4.69, 9.17) is 4.99 Å². The summed E-state index contributed by atoms with van der Waals surface area (Å²) in [5.74, 6) is 2.36. The van der Waals surface area contributed by atoms with Gasteiger partial charge >= 0.3 is 14.4 Å². The van der Waals surface area contributed by atoms with Crippen molar-refractivity contribution < 1.29 is 0 Å². The average molecular weight is 370 g/mol. The Morgan fingerprint density at radius 1 is 0.963 bits per heavy atom. The second-order valence-corrected chi connectivity index (χ2v) is 9.60. The molecule has 0 heterocycles. The molecule has 0 radical (unpaired) electrons. The van der Waals surface area contributed by atoms with Crippen LogP contribution in [0, 0.1) is 6.92 Å². The van der Waals surface area contributed by atoms with Crippen LogP contribution in [0.4, 0.5) is 11.4 Å². The standard InChI is InChI=1S/C16H16N.C7H8N.CH3.Al/c1-3-14-8-6-10-16(11-14)17-12-15-9-5-4-7-13(15)2;1-6-2-4-7(8)5-3-6;;/h4-12H,2-3H2,1H3;2-5,8H,1H3;1H3;/q;-1;;+1. The van der Waals surface area contributed by atoms with Crippen molar-refractivity contribution in [3.8, 4) is 0 Å². The van der Waals surface area contributed by atoms with Gasteiger partial charge in [0.15, 0.2) is 0 Å². The molecule has 0 saturated carbocycles. The lowest BCUT2D eigenvalue weighted by molar-refractivity contribution is 1.14. The third-order valence-electron chi connectivity index (χ3n) is 4.72. The monoisotopic (exact) mass is 370 g/mol. The van der Waals surface area contributed by atoms with Gasteiger partial charge in [0.05, 0.1) is 5.69 Å². The highest BCUT2D eigenvalue weighted by atomic mass is 27.2. The summed E-state index contributed by atoms with van der Waals surface area (Å²) >= 11 is -1.12. The van der Waals surface area contributed by atoms with Crippen LogP contribution >= 0.6 is 0 Å². The molecule has 0 saturated heterocycles. The number of nitrogens with one attached hydrogen (secondary N) is 1. The molecule has 0 aromatic heterocycles. The highest BCUT2D eigenvalue weighted by Crippen LogP contribution is 2.17. The highest BCUT2D eigenvalue weighted by molar-refractivity contribution is 6.60. The number of hydrogen-bond acceptors (Lipinski definition) is 2. The maximum absolute atomic E-state index is 4.72. The number of aliphatic imine (C=N–C) groups is 1. The minimum atomic E-state index is -1.12. The van der Waals surface area contributed by atoms with E-state index in [9.17, 15) is 0 Å². The van der Waals surface area contributed by atoms with Gasteiger partial charge in [-0.05, 0) is 54.0 Å². The van der Waals surface area contributed by atoms with Gasteiger partial charge in [-0.2, -0.15) is 0 Å². The molecule has 0 amide bonds. The molecule has 1 N–H and O–H groups in total. The number of rotatable bonds is 7.